The molecule has 8 heteroatoms. The van der Waals surface area contributed by atoms with E-state index in [1.807, 2.05) is 0 Å². The lowest BCUT2D eigenvalue weighted by Gasteiger charge is -2.22. The molecule has 0 radical (unpaired) electrons. The van der Waals surface area contributed by atoms with Crippen molar-refractivity contribution in [1.29, 1.82) is 0 Å². The van der Waals surface area contributed by atoms with Gasteiger partial charge >= 0.3 is 0 Å². The summed E-state index contributed by atoms with van der Waals surface area (Å²) in [4.78, 5) is -0.369. The molecule has 1 rings (SSSR count). The summed E-state index contributed by atoms with van der Waals surface area (Å²) in [5.41, 5.74) is 5.94. The number of rotatable bonds is 9. The molecule has 0 saturated heterocycles. The van der Waals surface area contributed by atoms with Crippen molar-refractivity contribution in [3.63, 3.8) is 0 Å². The number of sulfonamides is 1. The van der Waals surface area contributed by atoms with Crippen LogP contribution in [0.1, 0.15) is 5.56 Å². The van der Waals surface area contributed by atoms with Crippen LogP contribution in [0.5, 0.6) is 0 Å². The van der Waals surface area contributed by atoms with Gasteiger partial charge < -0.3 is 15.2 Å². The summed E-state index contributed by atoms with van der Waals surface area (Å²) in [5, 5.41) is 0. The molecule has 1 aromatic rings. The van der Waals surface area contributed by atoms with Gasteiger partial charge in [-0.15, -0.1) is 0 Å². The molecular formula is C13H21FN2O4S. The lowest BCUT2D eigenvalue weighted by Crippen LogP contribution is -2.36. The summed E-state index contributed by atoms with van der Waals surface area (Å²) < 4.78 is 50.0. The van der Waals surface area contributed by atoms with Gasteiger partial charge in [-0.3, -0.25) is 0 Å². The Morgan fingerprint density at radius 3 is 2.19 bits per heavy atom. The van der Waals surface area contributed by atoms with E-state index in [9.17, 15) is 12.8 Å². The quantitative estimate of drug-likeness (QED) is 0.719. The highest BCUT2D eigenvalue weighted by Gasteiger charge is 2.27. The van der Waals surface area contributed by atoms with Gasteiger partial charge in [0.15, 0.2) is 0 Å². The summed E-state index contributed by atoms with van der Waals surface area (Å²) in [6, 6.07) is 3.87. The van der Waals surface area contributed by atoms with Crippen molar-refractivity contribution in [2.24, 2.45) is 5.73 Å². The maximum absolute atomic E-state index is 14.0. The average Bonchev–Trinajstić information content (AvgIpc) is 2.46. The second kappa shape index (κ2) is 8.40. The average molecular weight is 320 g/mol. The number of benzene rings is 1. The Labute approximate surface area is 124 Å². The molecule has 0 aliphatic rings. The third-order valence-electron chi connectivity index (χ3n) is 2.94. The minimum atomic E-state index is -3.94. The second-order valence-corrected chi connectivity index (χ2v) is 6.26. The lowest BCUT2D eigenvalue weighted by molar-refractivity contribution is 0.150. The Bertz CT molecular complexity index is 543. The summed E-state index contributed by atoms with van der Waals surface area (Å²) in [6.45, 7) is 0.825. The fourth-order valence-electron chi connectivity index (χ4n) is 1.76. The van der Waals surface area contributed by atoms with Crippen LogP contribution in [0.25, 0.3) is 0 Å². The van der Waals surface area contributed by atoms with Crippen molar-refractivity contribution in [1.82, 2.24) is 4.31 Å². The second-order valence-electron chi connectivity index (χ2n) is 4.36. The van der Waals surface area contributed by atoms with Gasteiger partial charge in [0.2, 0.25) is 10.0 Å². The molecule has 6 nitrogen and oxygen atoms in total. The molecule has 0 heterocycles. The predicted molar refractivity (Wildman–Crippen MR) is 76.8 cm³/mol. The molecule has 0 spiro atoms. The van der Waals surface area contributed by atoms with Crippen LogP contribution in [-0.2, 0) is 26.0 Å². The molecule has 0 fully saturated rings. The third-order valence-corrected chi connectivity index (χ3v) is 4.87. The van der Waals surface area contributed by atoms with Gasteiger partial charge in [0.25, 0.3) is 0 Å². The largest absolute Gasteiger partial charge is 0.383 e. The Morgan fingerprint density at radius 1 is 1.19 bits per heavy atom. The van der Waals surface area contributed by atoms with Crippen molar-refractivity contribution in [2.45, 2.75) is 11.4 Å². The van der Waals surface area contributed by atoms with E-state index in [2.05, 4.69) is 0 Å². The Kier molecular flexibility index (Phi) is 7.20. The molecule has 0 aliphatic heterocycles. The zero-order valence-corrected chi connectivity index (χ0v) is 13.0. The van der Waals surface area contributed by atoms with Crippen LogP contribution in [0.3, 0.4) is 0 Å². The fraction of sp³-hybridized carbons (Fsp3) is 0.538. The molecule has 0 atom stereocenters. The molecule has 0 aromatic heterocycles. The highest BCUT2D eigenvalue weighted by Crippen LogP contribution is 2.20. The van der Waals surface area contributed by atoms with Gasteiger partial charge in [0.1, 0.15) is 10.7 Å². The smallest absolute Gasteiger partial charge is 0.246 e. The number of nitrogens with two attached hydrogens (primary N) is 1. The van der Waals surface area contributed by atoms with Crippen molar-refractivity contribution in [3.05, 3.63) is 29.6 Å². The first-order valence-corrected chi connectivity index (χ1v) is 7.88. The number of methoxy groups -OCH3 is 2. The van der Waals surface area contributed by atoms with E-state index in [1.165, 1.54) is 26.4 Å². The maximum Gasteiger partial charge on any atom is 0.246 e. The zero-order chi connectivity index (χ0) is 15.9. The topological polar surface area (TPSA) is 81.9 Å². The van der Waals surface area contributed by atoms with Crippen LogP contribution in [-0.4, -0.2) is 53.2 Å². The van der Waals surface area contributed by atoms with E-state index in [0.717, 1.165) is 10.4 Å². The highest BCUT2D eigenvalue weighted by molar-refractivity contribution is 7.89. The molecule has 0 unspecified atom stereocenters. The van der Waals surface area contributed by atoms with Gasteiger partial charge in [0, 0.05) is 33.9 Å². The number of ether oxygens (including phenoxy) is 2. The Hall–Kier alpha value is -1.06. The minimum absolute atomic E-state index is 0.125. The lowest BCUT2D eigenvalue weighted by atomic mass is 10.2. The van der Waals surface area contributed by atoms with Crippen LogP contribution in [0.15, 0.2) is 23.1 Å². The molecule has 2 N–H and O–H groups in total. The fourth-order valence-corrected chi connectivity index (χ4v) is 3.21. The normalized spacial score (nSPS) is 12.0. The first-order chi connectivity index (χ1) is 9.97. The monoisotopic (exact) mass is 320 g/mol. The molecule has 1 aromatic carbocycles. The molecular weight excluding hydrogens is 299 g/mol. The van der Waals surface area contributed by atoms with E-state index in [0.29, 0.717) is 5.56 Å². The SMILES string of the molecule is COCCN(CCOC)S(=O)(=O)c1ccc(CN)cc1F. The van der Waals surface area contributed by atoms with E-state index >= 15 is 0 Å². The number of nitrogens with zero attached hydrogens (tertiary/aromatic N) is 1. The van der Waals surface area contributed by atoms with E-state index in [4.69, 9.17) is 15.2 Å². The minimum Gasteiger partial charge on any atom is -0.383 e. The summed E-state index contributed by atoms with van der Waals surface area (Å²) in [5.74, 6) is -0.808. The van der Waals surface area contributed by atoms with E-state index in [1.54, 1.807) is 0 Å². The van der Waals surface area contributed by atoms with Crippen molar-refractivity contribution >= 4 is 10.0 Å². The number of hydrogen-bond donors (Lipinski definition) is 1. The molecule has 120 valence electrons. The first-order valence-electron chi connectivity index (χ1n) is 6.44. The van der Waals surface area contributed by atoms with Crippen LogP contribution in [0.2, 0.25) is 0 Å². The van der Waals surface area contributed by atoms with Crippen LogP contribution in [0, 0.1) is 5.82 Å². The van der Waals surface area contributed by atoms with Crippen molar-refractivity contribution in [2.75, 3.05) is 40.5 Å². The van der Waals surface area contributed by atoms with Crippen LogP contribution in [0.4, 0.5) is 4.39 Å². The maximum atomic E-state index is 14.0. The molecule has 0 bridgehead atoms. The van der Waals surface area contributed by atoms with Gasteiger partial charge in [-0.2, -0.15) is 4.31 Å². The summed E-state index contributed by atoms with van der Waals surface area (Å²) in [6.07, 6.45) is 0. The summed E-state index contributed by atoms with van der Waals surface area (Å²) in [7, 11) is -1.00. The van der Waals surface area contributed by atoms with Crippen molar-refractivity contribution in [3.8, 4) is 0 Å². The van der Waals surface area contributed by atoms with E-state index in [-0.39, 0.29) is 37.7 Å². The molecule has 0 amide bonds. The number of halogens is 1. The van der Waals surface area contributed by atoms with Gasteiger partial charge in [0.05, 0.1) is 13.2 Å². The first kappa shape index (κ1) is 18.0. The Morgan fingerprint density at radius 2 is 1.76 bits per heavy atom. The van der Waals surface area contributed by atoms with Crippen LogP contribution >= 0.6 is 0 Å². The standard InChI is InChI=1S/C13H21FN2O4S/c1-19-7-5-16(6-8-20-2)21(17,18)13-4-3-11(10-15)9-12(13)14/h3-4,9H,5-8,10,15H2,1-2H3. The van der Waals surface area contributed by atoms with Crippen LogP contribution < -0.4 is 5.73 Å². The molecule has 0 saturated carbocycles. The predicted octanol–water partition coefficient (Wildman–Crippen LogP) is 0.568. The van der Waals surface area contributed by atoms with E-state index < -0.39 is 15.8 Å². The van der Waals surface area contributed by atoms with Crippen molar-refractivity contribution < 1.29 is 22.3 Å². The van der Waals surface area contributed by atoms with Gasteiger partial charge in [-0.05, 0) is 17.7 Å². The molecule has 0 aliphatic carbocycles. The zero-order valence-electron chi connectivity index (χ0n) is 12.2. The Balaban J connectivity index is 3.08. The summed E-state index contributed by atoms with van der Waals surface area (Å²) >= 11 is 0. The number of hydrogen-bond acceptors (Lipinski definition) is 5. The third kappa shape index (κ3) is 4.72. The van der Waals surface area contributed by atoms with Gasteiger partial charge in [-0.1, -0.05) is 6.07 Å². The highest BCUT2D eigenvalue weighted by atomic mass is 32.2. The molecule has 21 heavy (non-hydrogen) atoms. The van der Waals surface area contributed by atoms with Gasteiger partial charge in [-0.25, -0.2) is 12.8 Å².